The van der Waals surface area contributed by atoms with Crippen molar-refractivity contribution >= 4 is 23.2 Å². The Bertz CT molecular complexity index is 666. The molecule has 2 aromatic rings. The molecule has 0 unspecified atom stereocenters. The van der Waals surface area contributed by atoms with Crippen molar-refractivity contribution in [1.82, 2.24) is 0 Å². The van der Waals surface area contributed by atoms with E-state index in [0.717, 1.165) is 5.56 Å². The predicted octanol–water partition coefficient (Wildman–Crippen LogP) is 2.97. The van der Waals surface area contributed by atoms with Gasteiger partial charge in [-0.1, -0.05) is 12.1 Å². The Morgan fingerprint density at radius 2 is 1.64 bits per heavy atom. The Hall–Kier alpha value is -2.82. The first-order chi connectivity index (χ1) is 10.5. The zero-order chi connectivity index (χ0) is 15.9. The molecular weight excluding hydrogens is 280 g/mol. The number of hydrogen-bond acceptors (Lipinski definition) is 3. The lowest BCUT2D eigenvalue weighted by Crippen LogP contribution is -2.20. The lowest BCUT2D eigenvalue weighted by atomic mass is 10.2. The van der Waals surface area contributed by atoms with Crippen LogP contribution in [0.4, 0.5) is 11.4 Å². The molecule has 2 amide bonds. The summed E-state index contributed by atoms with van der Waals surface area (Å²) in [4.78, 5) is 22.7. The Morgan fingerprint density at radius 1 is 1.00 bits per heavy atom. The van der Waals surface area contributed by atoms with Crippen LogP contribution >= 0.6 is 0 Å². The van der Waals surface area contributed by atoms with Gasteiger partial charge >= 0.3 is 0 Å². The highest BCUT2D eigenvalue weighted by molar-refractivity contribution is 5.93. The largest absolute Gasteiger partial charge is 0.484 e. The molecule has 0 bridgehead atoms. The highest BCUT2D eigenvalue weighted by atomic mass is 16.5. The molecule has 0 aliphatic carbocycles. The minimum absolute atomic E-state index is 0.0586. The molecule has 0 atom stereocenters. The van der Waals surface area contributed by atoms with Crippen LogP contribution in [0.5, 0.6) is 5.75 Å². The molecule has 114 valence electrons. The summed E-state index contributed by atoms with van der Waals surface area (Å²) in [5.41, 5.74) is 2.40. The molecule has 0 aliphatic rings. The summed E-state index contributed by atoms with van der Waals surface area (Å²) in [6.45, 7) is 3.35. The van der Waals surface area contributed by atoms with E-state index >= 15 is 0 Å². The van der Waals surface area contributed by atoms with Crippen molar-refractivity contribution < 1.29 is 14.3 Å². The number of aryl methyl sites for hydroxylation is 1. The van der Waals surface area contributed by atoms with Gasteiger partial charge in [0, 0.05) is 18.3 Å². The van der Waals surface area contributed by atoms with Gasteiger partial charge in [-0.2, -0.15) is 0 Å². The molecule has 0 saturated carbocycles. The van der Waals surface area contributed by atoms with Crippen LogP contribution in [-0.4, -0.2) is 18.4 Å². The smallest absolute Gasteiger partial charge is 0.262 e. The van der Waals surface area contributed by atoms with Crippen LogP contribution in [0.15, 0.2) is 48.5 Å². The molecule has 5 heteroatoms. The minimum atomic E-state index is -0.242. The first-order valence-corrected chi connectivity index (χ1v) is 6.90. The number of carbonyl (C=O) groups is 2. The van der Waals surface area contributed by atoms with Crippen molar-refractivity contribution in [1.29, 1.82) is 0 Å². The molecule has 0 radical (unpaired) electrons. The average Bonchev–Trinajstić information content (AvgIpc) is 2.47. The fourth-order valence-corrected chi connectivity index (χ4v) is 1.89. The molecule has 2 rings (SSSR count). The Morgan fingerprint density at radius 3 is 2.23 bits per heavy atom. The fraction of sp³-hybridized carbons (Fsp3) is 0.176. The second-order valence-corrected chi connectivity index (χ2v) is 4.91. The number of carbonyl (C=O) groups excluding carboxylic acids is 2. The number of anilines is 2. The molecule has 22 heavy (non-hydrogen) atoms. The molecule has 0 saturated heterocycles. The van der Waals surface area contributed by atoms with E-state index in [9.17, 15) is 9.59 Å². The number of amides is 2. The third-order valence-electron chi connectivity index (χ3n) is 2.85. The Labute approximate surface area is 129 Å². The van der Waals surface area contributed by atoms with E-state index < -0.39 is 0 Å². The summed E-state index contributed by atoms with van der Waals surface area (Å²) < 4.78 is 5.43. The van der Waals surface area contributed by atoms with Crippen molar-refractivity contribution in [3.8, 4) is 5.75 Å². The Kier molecular flexibility index (Phi) is 5.14. The van der Waals surface area contributed by atoms with Gasteiger partial charge in [0.1, 0.15) is 5.75 Å². The van der Waals surface area contributed by atoms with Crippen LogP contribution < -0.4 is 15.4 Å². The van der Waals surface area contributed by atoms with Crippen molar-refractivity contribution in [2.45, 2.75) is 13.8 Å². The molecule has 0 spiro atoms. The zero-order valence-electron chi connectivity index (χ0n) is 12.6. The third kappa shape index (κ3) is 4.94. The third-order valence-corrected chi connectivity index (χ3v) is 2.85. The van der Waals surface area contributed by atoms with Crippen LogP contribution in [-0.2, 0) is 9.59 Å². The van der Waals surface area contributed by atoms with E-state index in [1.54, 1.807) is 24.3 Å². The second kappa shape index (κ2) is 7.26. The van der Waals surface area contributed by atoms with Gasteiger partial charge in [-0.15, -0.1) is 0 Å². The molecule has 0 heterocycles. The van der Waals surface area contributed by atoms with E-state index in [1.807, 2.05) is 31.2 Å². The van der Waals surface area contributed by atoms with Crippen LogP contribution in [0.25, 0.3) is 0 Å². The van der Waals surface area contributed by atoms with Crippen LogP contribution in [0.2, 0.25) is 0 Å². The quantitative estimate of drug-likeness (QED) is 0.891. The number of benzene rings is 2. The predicted molar refractivity (Wildman–Crippen MR) is 86.0 cm³/mol. The molecule has 2 N–H and O–H groups in total. The highest BCUT2D eigenvalue weighted by Crippen LogP contribution is 2.14. The molecule has 5 nitrogen and oxygen atoms in total. The molecule has 0 aromatic heterocycles. The van der Waals surface area contributed by atoms with Crippen LogP contribution in [0, 0.1) is 6.92 Å². The van der Waals surface area contributed by atoms with Gasteiger partial charge in [-0.05, 0) is 48.9 Å². The maximum Gasteiger partial charge on any atom is 0.262 e. The standard InChI is InChI=1S/C17H18N2O3/c1-12-4-3-5-16(10-12)22-11-17(21)19-15-8-6-14(7-9-15)18-13(2)20/h3-10H,11H2,1-2H3,(H,18,20)(H,19,21). The number of ether oxygens (including phenoxy) is 1. The topological polar surface area (TPSA) is 67.4 Å². The van der Waals surface area contributed by atoms with Crippen LogP contribution in [0.1, 0.15) is 12.5 Å². The van der Waals surface area contributed by atoms with Gasteiger partial charge in [0.05, 0.1) is 0 Å². The van der Waals surface area contributed by atoms with Crippen molar-refractivity contribution in [3.05, 3.63) is 54.1 Å². The summed E-state index contributed by atoms with van der Waals surface area (Å²) in [7, 11) is 0. The summed E-state index contributed by atoms with van der Waals surface area (Å²) >= 11 is 0. The summed E-state index contributed by atoms with van der Waals surface area (Å²) in [6.07, 6.45) is 0. The summed E-state index contributed by atoms with van der Waals surface area (Å²) in [6, 6.07) is 14.4. The number of nitrogens with one attached hydrogen (secondary N) is 2. The zero-order valence-corrected chi connectivity index (χ0v) is 12.6. The fourth-order valence-electron chi connectivity index (χ4n) is 1.89. The first-order valence-electron chi connectivity index (χ1n) is 6.90. The number of hydrogen-bond donors (Lipinski definition) is 2. The van der Waals surface area contributed by atoms with E-state index in [-0.39, 0.29) is 18.4 Å². The van der Waals surface area contributed by atoms with E-state index in [0.29, 0.717) is 17.1 Å². The van der Waals surface area contributed by atoms with E-state index in [4.69, 9.17) is 4.74 Å². The molecule has 0 fully saturated rings. The Balaban J connectivity index is 1.85. The van der Waals surface area contributed by atoms with E-state index in [2.05, 4.69) is 10.6 Å². The van der Waals surface area contributed by atoms with Crippen molar-refractivity contribution in [2.24, 2.45) is 0 Å². The SMILES string of the molecule is CC(=O)Nc1ccc(NC(=O)COc2cccc(C)c2)cc1. The summed E-state index contributed by atoms with van der Waals surface area (Å²) in [5.74, 6) is 0.285. The minimum Gasteiger partial charge on any atom is -0.484 e. The monoisotopic (exact) mass is 298 g/mol. The van der Waals surface area contributed by atoms with Gasteiger partial charge < -0.3 is 15.4 Å². The van der Waals surface area contributed by atoms with Gasteiger partial charge in [0.25, 0.3) is 5.91 Å². The van der Waals surface area contributed by atoms with Gasteiger partial charge in [0.15, 0.2) is 6.61 Å². The second-order valence-electron chi connectivity index (χ2n) is 4.91. The lowest BCUT2D eigenvalue weighted by molar-refractivity contribution is -0.118. The van der Waals surface area contributed by atoms with Crippen molar-refractivity contribution in [3.63, 3.8) is 0 Å². The van der Waals surface area contributed by atoms with Crippen molar-refractivity contribution in [2.75, 3.05) is 17.2 Å². The molecule has 0 aliphatic heterocycles. The summed E-state index contributed by atoms with van der Waals surface area (Å²) in [5, 5.41) is 5.39. The van der Waals surface area contributed by atoms with Crippen LogP contribution in [0.3, 0.4) is 0 Å². The van der Waals surface area contributed by atoms with E-state index in [1.165, 1.54) is 6.92 Å². The number of rotatable bonds is 5. The maximum atomic E-state index is 11.8. The normalized spacial score (nSPS) is 9.91. The lowest BCUT2D eigenvalue weighted by Gasteiger charge is -2.09. The first kappa shape index (κ1) is 15.6. The van der Waals surface area contributed by atoms with Gasteiger partial charge in [-0.25, -0.2) is 0 Å². The molecular formula is C17H18N2O3. The van der Waals surface area contributed by atoms with Gasteiger partial charge in [0.2, 0.25) is 5.91 Å². The maximum absolute atomic E-state index is 11.8. The average molecular weight is 298 g/mol. The van der Waals surface area contributed by atoms with Gasteiger partial charge in [-0.3, -0.25) is 9.59 Å². The molecule has 2 aromatic carbocycles. The highest BCUT2D eigenvalue weighted by Gasteiger charge is 2.04.